The van der Waals surface area contributed by atoms with E-state index < -0.39 is 0 Å². The highest BCUT2D eigenvalue weighted by Gasteiger charge is 2.29. The molecule has 2 fully saturated rings. The van der Waals surface area contributed by atoms with E-state index in [-0.39, 0.29) is 24.3 Å². The van der Waals surface area contributed by atoms with E-state index in [4.69, 9.17) is 16.6 Å². The number of aromatic nitrogens is 1. The topological polar surface area (TPSA) is 53.5 Å². The molecule has 2 aliphatic heterocycles. The van der Waals surface area contributed by atoms with E-state index in [1.165, 1.54) is 11.1 Å². The smallest absolute Gasteiger partial charge is 0.242 e. The van der Waals surface area contributed by atoms with Gasteiger partial charge in [0.25, 0.3) is 0 Å². The van der Waals surface area contributed by atoms with E-state index >= 15 is 0 Å². The molecule has 4 rings (SSSR count). The van der Waals surface area contributed by atoms with Gasteiger partial charge in [-0.1, -0.05) is 23.7 Å². The van der Waals surface area contributed by atoms with E-state index in [2.05, 4.69) is 18.2 Å². The highest BCUT2D eigenvalue weighted by Crippen LogP contribution is 2.28. The number of likely N-dealkylation sites (tertiary alicyclic amines) is 2. The quantitative estimate of drug-likeness (QED) is 0.728. The maximum Gasteiger partial charge on any atom is 0.242 e. The Bertz CT molecular complexity index is 946. The van der Waals surface area contributed by atoms with Crippen LogP contribution in [0.4, 0.5) is 0 Å². The lowest BCUT2D eigenvalue weighted by Gasteiger charge is -2.33. The molecule has 2 saturated heterocycles. The molecule has 1 unspecified atom stereocenters. The van der Waals surface area contributed by atoms with Gasteiger partial charge in [0, 0.05) is 48.4 Å². The standard InChI is InChI=1S/C24H28ClN3O2/c1-17-11-19(12-18-5-2-7-21(25)13-18)14-22(26-17)20-6-3-9-27(15-20)24(30)16-28-10-4-8-23(28)29/h2,5,7,11,13-14,20H,3-4,6,8-10,12,15-16H2,1H3. The SMILES string of the molecule is Cc1cc(Cc2cccc(Cl)c2)cc(C2CCCN(C(=O)CN3CCCC3=O)C2)n1. The number of pyridine rings is 1. The van der Waals surface area contributed by atoms with Gasteiger partial charge in [0.15, 0.2) is 0 Å². The highest BCUT2D eigenvalue weighted by atomic mass is 35.5. The van der Waals surface area contributed by atoms with Gasteiger partial charge in [-0.3, -0.25) is 14.6 Å². The second kappa shape index (κ2) is 9.17. The van der Waals surface area contributed by atoms with E-state index in [0.717, 1.165) is 48.6 Å². The largest absolute Gasteiger partial charge is 0.340 e. The van der Waals surface area contributed by atoms with Crippen LogP contribution in [-0.4, -0.2) is 52.8 Å². The molecule has 3 heterocycles. The molecule has 30 heavy (non-hydrogen) atoms. The van der Waals surface area contributed by atoms with Crippen molar-refractivity contribution in [3.8, 4) is 0 Å². The van der Waals surface area contributed by atoms with E-state index in [1.54, 1.807) is 4.90 Å². The first kappa shape index (κ1) is 20.9. The first-order valence-corrected chi connectivity index (χ1v) is 11.1. The van der Waals surface area contributed by atoms with Crippen LogP contribution in [-0.2, 0) is 16.0 Å². The summed E-state index contributed by atoms with van der Waals surface area (Å²) in [5, 5.41) is 0.747. The van der Waals surface area contributed by atoms with Crippen molar-refractivity contribution in [2.24, 2.45) is 0 Å². The van der Waals surface area contributed by atoms with Crippen LogP contribution in [0.5, 0.6) is 0 Å². The number of halogens is 1. The first-order valence-electron chi connectivity index (χ1n) is 10.8. The predicted molar refractivity (Wildman–Crippen MR) is 118 cm³/mol. The average molecular weight is 426 g/mol. The number of amides is 2. The molecular weight excluding hydrogens is 398 g/mol. The van der Waals surface area contributed by atoms with Crippen molar-refractivity contribution >= 4 is 23.4 Å². The van der Waals surface area contributed by atoms with Gasteiger partial charge in [-0.15, -0.1) is 0 Å². The predicted octanol–water partition coefficient (Wildman–Crippen LogP) is 3.96. The number of carbonyl (C=O) groups excluding carboxylic acids is 2. The zero-order valence-corrected chi connectivity index (χ0v) is 18.2. The Kier molecular flexibility index (Phi) is 6.38. The summed E-state index contributed by atoms with van der Waals surface area (Å²) in [6.07, 6.45) is 4.22. The molecule has 0 spiro atoms. The van der Waals surface area contributed by atoms with Crippen LogP contribution in [0, 0.1) is 6.92 Å². The zero-order valence-electron chi connectivity index (χ0n) is 17.4. The Morgan fingerprint density at radius 2 is 2.03 bits per heavy atom. The highest BCUT2D eigenvalue weighted by molar-refractivity contribution is 6.30. The second-order valence-corrected chi connectivity index (χ2v) is 8.88. The van der Waals surface area contributed by atoms with Gasteiger partial charge in [-0.05, 0) is 68.0 Å². The van der Waals surface area contributed by atoms with E-state index in [1.807, 2.05) is 30.0 Å². The molecule has 0 radical (unpaired) electrons. The number of carbonyl (C=O) groups is 2. The third-order valence-electron chi connectivity index (χ3n) is 6.02. The van der Waals surface area contributed by atoms with Crippen LogP contribution < -0.4 is 0 Å². The molecule has 1 aromatic carbocycles. The molecule has 0 N–H and O–H groups in total. The maximum absolute atomic E-state index is 12.8. The van der Waals surface area contributed by atoms with Gasteiger partial charge in [-0.25, -0.2) is 0 Å². The van der Waals surface area contributed by atoms with Gasteiger partial charge < -0.3 is 9.80 Å². The normalized spacial score (nSPS) is 19.4. The molecule has 6 heteroatoms. The fraction of sp³-hybridized carbons (Fsp3) is 0.458. The fourth-order valence-electron chi connectivity index (χ4n) is 4.54. The molecule has 0 saturated carbocycles. The lowest BCUT2D eigenvalue weighted by molar-refractivity contribution is -0.139. The minimum absolute atomic E-state index is 0.0572. The van der Waals surface area contributed by atoms with Gasteiger partial charge in [-0.2, -0.15) is 0 Å². The van der Waals surface area contributed by atoms with Gasteiger partial charge in [0.05, 0.1) is 6.54 Å². The molecule has 0 aliphatic carbocycles. The number of piperidine rings is 1. The van der Waals surface area contributed by atoms with Crippen LogP contribution in [0.15, 0.2) is 36.4 Å². The van der Waals surface area contributed by atoms with Crippen LogP contribution in [0.2, 0.25) is 5.02 Å². The van der Waals surface area contributed by atoms with Crippen LogP contribution in [0.25, 0.3) is 0 Å². The van der Waals surface area contributed by atoms with Crippen molar-refractivity contribution in [1.29, 1.82) is 0 Å². The van der Waals surface area contributed by atoms with E-state index in [9.17, 15) is 9.59 Å². The monoisotopic (exact) mass is 425 g/mol. The van der Waals surface area contributed by atoms with Crippen LogP contribution in [0.3, 0.4) is 0 Å². The summed E-state index contributed by atoms with van der Waals surface area (Å²) < 4.78 is 0. The summed E-state index contributed by atoms with van der Waals surface area (Å²) in [6, 6.07) is 12.2. The molecule has 2 aliphatic rings. The third-order valence-corrected chi connectivity index (χ3v) is 6.26. The lowest BCUT2D eigenvalue weighted by atomic mass is 9.92. The molecule has 0 bridgehead atoms. The summed E-state index contributed by atoms with van der Waals surface area (Å²) in [6.45, 7) is 4.38. The van der Waals surface area contributed by atoms with Crippen molar-refractivity contribution in [2.75, 3.05) is 26.2 Å². The Hall–Kier alpha value is -2.40. The maximum atomic E-state index is 12.8. The van der Waals surface area contributed by atoms with Crippen molar-refractivity contribution in [1.82, 2.24) is 14.8 Å². The van der Waals surface area contributed by atoms with Gasteiger partial charge >= 0.3 is 0 Å². The molecule has 1 atom stereocenters. The van der Waals surface area contributed by atoms with Gasteiger partial charge in [0.1, 0.15) is 0 Å². The molecule has 1 aromatic heterocycles. The number of hydrogen-bond acceptors (Lipinski definition) is 3. The minimum atomic E-state index is 0.0572. The van der Waals surface area contributed by atoms with Crippen molar-refractivity contribution < 1.29 is 9.59 Å². The minimum Gasteiger partial charge on any atom is -0.340 e. The Morgan fingerprint density at radius 1 is 1.17 bits per heavy atom. The summed E-state index contributed by atoms with van der Waals surface area (Å²) in [7, 11) is 0. The Morgan fingerprint density at radius 3 is 2.80 bits per heavy atom. The fourth-order valence-corrected chi connectivity index (χ4v) is 4.75. The number of hydrogen-bond donors (Lipinski definition) is 0. The van der Waals surface area contributed by atoms with Crippen molar-refractivity contribution in [2.45, 2.75) is 44.9 Å². The van der Waals surface area contributed by atoms with Crippen LogP contribution in [0.1, 0.15) is 54.1 Å². The van der Waals surface area contributed by atoms with Crippen molar-refractivity contribution in [3.63, 3.8) is 0 Å². The van der Waals surface area contributed by atoms with Crippen molar-refractivity contribution in [3.05, 3.63) is 63.9 Å². The summed E-state index contributed by atoms with van der Waals surface area (Å²) in [5.74, 6) is 0.389. The first-order chi connectivity index (χ1) is 14.5. The molecule has 158 valence electrons. The number of benzene rings is 1. The summed E-state index contributed by atoms with van der Waals surface area (Å²) in [4.78, 5) is 33.1. The summed E-state index contributed by atoms with van der Waals surface area (Å²) in [5.41, 5.74) is 4.44. The average Bonchev–Trinajstić information content (AvgIpc) is 3.12. The summed E-state index contributed by atoms with van der Waals surface area (Å²) >= 11 is 6.14. The molecule has 5 nitrogen and oxygen atoms in total. The molecular formula is C24H28ClN3O2. The Balaban J connectivity index is 1.45. The second-order valence-electron chi connectivity index (χ2n) is 8.45. The van der Waals surface area contributed by atoms with Crippen LogP contribution >= 0.6 is 11.6 Å². The Labute approximate surface area is 183 Å². The van der Waals surface area contributed by atoms with Gasteiger partial charge in [0.2, 0.25) is 11.8 Å². The molecule has 2 amide bonds. The zero-order chi connectivity index (χ0) is 21.1. The third kappa shape index (κ3) is 5.01. The number of nitrogens with zero attached hydrogens (tertiary/aromatic N) is 3. The van der Waals surface area contributed by atoms with E-state index in [0.29, 0.717) is 19.5 Å². The number of rotatable bonds is 5. The lowest BCUT2D eigenvalue weighted by Crippen LogP contribution is -2.45. The number of aryl methyl sites for hydroxylation is 1. The molecule has 2 aromatic rings.